The third kappa shape index (κ3) is 3.86. The van der Waals surface area contributed by atoms with Gasteiger partial charge in [0, 0.05) is 48.1 Å². The second kappa shape index (κ2) is 6.42. The van der Waals surface area contributed by atoms with Crippen LogP contribution in [0.3, 0.4) is 0 Å². The van der Waals surface area contributed by atoms with E-state index in [-0.39, 0.29) is 28.0 Å². The van der Waals surface area contributed by atoms with Crippen LogP contribution in [0.4, 0.5) is 4.79 Å². The van der Waals surface area contributed by atoms with Gasteiger partial charge in [0.1, 0.15) is 6.10 Å². The maximum atomic E-state index is 13.9. The first-order chi connectivity index (χ1) is 12.6. The first-order valence-corrected chi connectivity index (χ1v) is 11.6. The smallest absolute Gasteiger partial charge is 0.414 e. The zero-order valence-corrected chi connectivity index (χ0v) is 19.7. The van der Waals surface area contributed by atoms with Gasteiger partial charge in [0.15, 0.2) is 0 Å². The maximum Gasteiger partial charge on any atom is 0.414 e. The number of hydroxylamine groups is 2. The van der Waals surface area contributed by atoms with Crippen molar-refractivity contribution < 1.29 is 18.9 Å². The van der Waals surface area contributed by atoms with E-state index in [1.807, 2.05) is 42.1 Å². The van der Waals surface area contributed by atoms with Gasteiger partial charge in [-0.1, -0.05) is 27.7 Å². The lowest BCUT2D eigenvalue weighted by atomic mass is 9.68. The molecule has 0 bridgehead atoms. The lowest BCUT2D eigenvalue weighted by molar-refractivity contribution is -0.227. The van der Waals surface area contributed by atoms with Crippen molar-refractivity contribution in [2.75, 3.05) is 33.3 Å². The summed E-state index contributed by atoms with van der Waals surface area (Å²) >= 11 is 0. The number of carbonyl (C=O) groups excluding carboxylic acids is 1. The second-order valence-electron chi connectivity index (χ2n) is 11.1. The van der Waals surface area contributed by atoms with E-state index in [0.717, 1.165) is 0 Å². The van der Waals surface area contributed by atoms with E-state index >= 15 is 0 Å². The predicted molar refractivity (Wildman–Crippen MR) is 109 cm³/mol. The third-order valence-corrected chi connectivity index (χ3v) is 9.37. The summed E-state index contributed by atoms with van der Waals surface area (Å²) in [5, 5.41) is 4.68. The zero-order chi connectivity index (χ0) is 21.3. The van der Waals surface area contributed by atoms with E-state index in [4.69, 9.17) is 9.57 Å². The highest BCUT2D eigenvalue weighted by Gasteiger charge is 2.65. The molecule has 28 heavy (non-hydrogen) atoms. The van der Waals surface area contributed by atoms with Crippen LogP contribution in [0.5, 0.6) is 0 Å². The number of hydrogen-bond donors (Lipinski definition) is 1. The molecular formula is C19H37N4O4P. The molecule has 1 amide bonds. The van der Waals surface area contributed by atoms with Crippen LogP contribution in [0.2, 0.25) is 0 Å². The molecule has 1 N–H and O–H groups in total. The van der Waals surface area contributed by atoms with E-state index in [1.165, 1.54) is 0 Å². The van der Waals surface area contributed by atoms with Crippen molar-refractivity contribution in [3.8, 4) is 0 Å². The van der Waals surface area contributed by atoms with Crippen LogP contribution in [0.15, 0.2) is 0 Å². The van der Waals surface area contributed by atoms with E-state index in [0.29, 0.717) is 26.2 Å². The summed E-state index contributed by atoms with van der Waals surface area (Å²) in [6.45, 7) is 19.1. The Morgan fingerprint density at radius 3 is 1.61 bits per heavy atom. The predicted octanol–water partition coefficient (Wildman–Crippen LogP) is 3.31. The minimum absolute atomic E-state index is 0.177. The van der Waals surface area contributed by atoms with Gasteiger partial charge in [-0.3, -0.25) is 4.57 Å². The zero-order valence-electron chi connectivity index (χ0n) is 18.8. The van der Waals surface area contributed by atoms with Gasteiger partial charge in [0.2, 0.25) is 0 Å². The fourth-order valence-electron chi connectivity index (χ4n) is 4.73. The van der Waals surface area contributed by atoms with Crippen LogP contribution in [-0.2, 0) is 14.1 Å². The Morgan fingerprint density at radius 1 is 0.893 bits per heavy atom. The lowest BCUT2D eigenvalue weighted by Crippen LogP contribution is -2.59. The number of nitrogens with one attached hydrogen (secondary N) is 1. The number of rotatable bonds is 5. The van der Waals surface area contributed by atoms with Crippen molar-refractivity contribution in [1.82, 2.24) is 19.5 Å². The summed E-state index contributed by atoms with van der Waals surface area (Å²) in [4.78, 5) is 18.4. The maximum absolute atomic E-state index is 13.9. The van der Waals surface area contributed by atoms with E-state index < -0.39 is 13.7 Å². The summed E-state index contributed by atoms with van der Waals surface area (Å²) in [7, 11) is -1.54. The number of ether oxygens (including phenoxy) is 1. The van der Waals surface area contributed by atoms with Crippen molar-refractivity contribution in [3.05, 3.63) is 0 Å². The molecule has 0 aromatic heterocycles. The van der Waals surface area contributed by atoms with Crippen LogP contribution in [0.1, 0.15) is 55.4 Å². The molecular weight excluding hydrogens is 379 g/mol. The molecule has 8 nitrogen and oxygen atoms in total. The summed E-state index contributed by atoms with van der Waals surface area (Å²) in [6, 6.07) is 0. The number of piperidine rings is 1. The molecule has 3 rings (SSSR count). The second-order valence-corrected chi connectivity index (χ2v) is 13.4. The Bertz CT molecular complexity index is 662. The normalized spacial score (nSPS) is 34.9. The molecule has 162 valence electrons. The minimum atomic E-state index is -3.20. The molecule has 0 aromatic carbocycles. The standard InChI is InChI=1S/C19H37N4O4P/c1-16(2)10-21(26-9)11-17(3,4)14(16)27-15(24)20-28(25,22-12-18(22,5)6)23-13-19(23,7)8/h14H,10-13H2,1-9H3,(H,20,24,25). The molecule has 0 aliphatic carbocycles. The SMILES string of the molecule is CON1CC(C)(C)C(OC(=O)NP(=O)(N2CC2(C)C)N2CC2(C)C)C(C)(C)C1. The van der Waals surface area contributed by atoms with Gasteiger partial charge in [-0.05, 0) is 27.7 Å². The Labute approximate surface area is 169 Å². The summed E-state index contributed by atoms with van der Waals surface area (Å²) in [5.74, 6) is 0. The van der Waals surface area contributed by atoms with Gasteiger partial charge in [-0.25, -0.2) is 19.2 Å². The Morgan fingerprint density at radius 2 is 1.29 bits per heavy atom. The van der Waals surface area contributed by atoms with Crippen molar-refractivity contribution >= 4 is 13.7 Å². The monoisotopic (exact) mass is 416 g/mol. The van der Waals surface area contributed by atoms with Crippen LogP contribution in [-0.4, -0.2) is 71.0 Å². The number of amides is 1. The van der Waals surface area contributed by atoms with Crippen molar-refractivity contribution in [2.45, 2.75) is 72.6 Å². The molecule has 3 fully saturated rings. The molecule has 9 heteroatoms. The molecule has 3 aliphatic heterocycles. The van der Waals surface area contributed by atoms with Crippen molar-refractivity contribution in [3.63, 3.8) is 0 Å². The van der Waals surface area contributed by atoms with Crippen LogP contribution >= 0.6 is 7.59 Å². The van der Waals surface area contributed by atoms with Crippen molar-refractivity contribution in [1.29, 1.82) is 0 Å². The Balaban J connectivity index is 1.76. The lowest BCUT2D eigenvalue weighted by Gasteiger charge is -2.51. The fourth-order valence-corrected chi connectivity index (χ4v) is 8.06. The average Bonchev–Trinajstić information content (AvgIpc) is 3.37. The van der Waals surface area contributed by atoms with Gasteiger partial charge in [0.25, 0.3) is 0 Å². The quantitative estimate of drug-likeness (QED) is 0.544. The first kappa shape index (κ1) is 22.0. The number of carbonyl (C=O) groups is 1. The largest absolute Gasteiger partial charge is 0.445 e. The Hall–Kier alpha value is -0.660. The number of hydrogen-bond acceptors (Lipinski definition) is 5. The molecule has 0 radical (unpaired) electrons. The third-order valence-electron chi connectivity index (χ3n) is 6.23. The molecule has 2 atom stereocenters. The van der Waals surface area contributed by atoms with Crippen LogP contribution < -0.4 is 5.09 Å². The van der Waals surface area contributed by atoms with Gasteiger partial charge >= 0.3 is 13.7 Å². The van der Waals surface area contributed by atoms with Gasteiger partial charge in [-0.2, -0.15) is 5.06 Å². The summed E-state index contributed by atoms with van der Waals surface area (Å²) in [6.07, 6.45) is -0.935. The Kier molecular flexibility index (Phi) is 5.05. The highest BCUT2D eigenvalue weighted by Crippen LogP contribution is 2.67. The average molecular weight is 417 g/mol. The van der Waals surface area contributed by atoms with E-state index in [2.05, 4.69) is 32.8 Å². The number of nitrogens with zero attached hydrogens (tertiary/aromatic N) is 3. The molecule has 3 aliphatic rings. The minimum Gasteiger partial charge on any atom is -0.445 e. The van der Waals surface area contributed by atoms with Crippen LogP contribution in [0, 0.1) is 10.8 Å². The fraction of sp³-hybridized carbons (Fsp3) is 0.947. The van der Waals surface area contributed by atoms with Gasteiger partial charge in [-0.15, -0.1) is 0 Å². The van der Waals surface area contributed by atoms with Gasteiger partial charge in [0.05, 0.1) is 7.11 Å². The molecule has 0 aromatic rings. The van der Waals surface area contributed by atoms with Crippen LogP contribution in [0.25, 0.3) is 0 Å². The molecule has 3 saturated heterocycles. The highest BCUT2D eigenvalue weighted by atomic mass is 31.2. The topological polar surface area (TPSA) is 73.9 Å². The van der Waals surface area contributed by atoms with E-state index in [9.17, 15) is 9.36 Å². The summed E-state index contributed by atoms with van der Waals surface area (Å²) in [5.41, 5.74) is -0.970. The highest BCUT2D eigenvalue weighted by molar-refractivity contribution is 7.58. The van der Waals surface area contributed by atoms with Gasteiger partial charge < -0.3 is 9.57 Å². The van der Waals surface area contributed by atoms with Crippen molar-refractivity contribution in [2.24, 2.45) is 10.8 Å². The molecule has 2 unspecified atom stereocenters. The molecule has 0 spiro atoms. The summed E-state index contributed by atoms with van der Waals surface area (Å²) < 4.78 is 23.6. The molecule has 3 heterocycles. The molecule has 0 saturated carbocycles. The van der Waals surface area contributed by atoms with E-state index in [1.54, 1.807) is 7.11 Å². The first-order valence-electron chi connectivity index (χ1n) is 9.99.